The maximum absolute atomic E-state index is 11.9. The van der Waals surface area contributed by atoms with Crippen LogP contribution in [0.1, 0.15) is 110 Å². The summed E-state index contributed by atoms with van der Waals surface area (Å²) in [6, 6.07) is 0.175. The largest absolute Gasteiger partial charge is 0.469 e. The monoisotopic (exact) mass is 367 g/mol. The molecule has 4 nitrogen and oxygen atoms in total. The summed E-state index contributed by atoms with van der Waals surface area (Å²) in [6.45, 7) is 2.27. The summed E-state index contributed by atoms with van der Waals surface area (Å²) in [7, 11) is 1.42. The number of hydrogen-bond donors (Lipinski definition) is 1. The first-order valence-electron chi connectivity index (χ1n) is 11.0. The quantitative estimate of drug-likeness (QED) is 0.288. The van der Waals surface area contributed by atoms with E-state index in [1.165, 1.54) is 77.7 Å². The maximum atomic E-state index is 11.9. The van der Waals surface area contributed by atoms with E-state index in [1.54, 1.807) is 0 Å². The molecule has 0 unspecified atom stereocenters. The Balaban J connectivity index is 1.79. The van der Waals surface area contributed by atoms with Crippen LogP contribution in [0, 0.1) is 5.92 Å². The van der Waals surface area contributed by atoms with E-state index in [1.807, 2.05) is 0 Å². The molecule has 26 heavy (non-hydrogen) atoms. The average Bonchev–Trinajstić information content (AvgIpc) is 2.61. The Morgan fingerprint density at radius 3 is 1.73 bits per heavy atom. The van der Waals surface area contributed by atoms with Crippen LogP contribution in [0.15, 0.2) is 0 Å². The molecular weight excluding hydrogens is 326 g/mol. The number of unbranched alkanes of at least 4 members (excludes halogenated alkanes) is 12. The van der Waals surface area contributed by atoms with Gasteiger partial charge in [0.25, 0.3) is 0 Å². The van der Waals surface area contributed by atoms with E-state index in [0.29, 0.717) is 6.42 Å². The second-order valence-corrected chi connectivity index (χ2v) is 7.95. The summed E-state index contributed by atoms with van der Waals surface area (Å²) in [4.78, 5) is 23.2. The molecule has 0 spiro atoms. The van der Waals surface area contributed by atoms with E-state index in [2.05, 4.69) is 12.2 Å². The van der Waals surface area contributed by atoms with Crippen molar-refractivity contribution in [2.75, 3.05) is 7.11 Å². The minimum Gasteiger partial charge on any atom is -0.469 e. The van der Waals surface area contributed by atoms with Gasteiger partial charge in [-0.15, -0.1) is 0 Å². The smallest absolute Gasteiger partial charge is 0.308 e. The maximum Gasteiger partial charge on any atom is 0.308 e. The van der Waals surface area contributed by atoms with E-state index in [0.717, 1.165) is 25.7 Å². The normalized spacial score (nSPS) is 19.0. The summed E-state index contributed by atoms with van der Waals surface area (Å²) in [5, 5.41) is 3.02. The van der Waals surface area contributed by atoms with Crippen LogP contribution in [0.4, 0.5) is 0 Å². The molecule has 1 aliphatic rings. The van der Waals surface area contributed by atoms with Crippen LogP contribution in [0.2, 0.25) is 0 Å². The van der Waals surface area contributed by atoms with E-state index < -0.39 is 0 Å². The van der Waals surface area contributed by atoms with Crippen molar-refractivity contribution in [1.82, 2.24) is 5.32 Å². The molecule has 0 aromatic carbocycles. The minimum absolute atomic E-state index is 0.0124. The standard InChI is InChI=1S/C22H41NO3/c1-3-4-5-6-7-8-9-10-11-12-13-14-15-16-21(24)23-20-17-19(18-20)22(25)26-2/h19-20H,3-18H2,1-2H3,(H,23,24)/t19-,20+. The third-order valence-corrected chi connectivity index (χ3v) is 5.55. The number of rotatable bonds is 16. The fourth-order valence-corrected chi connectivity index (χ4v) is 3.70. The zero-order valence-corrected chi connectivity index (χ0v) is 17.2. The summed E-state index contributed by atoms with van der Waals surface area (Å²) >= 11 is 0. The Labute approximate surface area is 160 Å². The fourth-order valence-electron chi connectivity index (χ4n) is 3.70. The number of amides is 1. The SMILES string of the molecule is CCCCCCCCCCCCCCCC(=O)N[C@H]1C[C@@H](C(=O)OC)C1. The van der Waals surface area contributed by atoms with Crippen molar-refractivity contribution in [3.05, 3.63) is 0 Å². The van der Waals surface area contributed by atoms with Gasteiger partial charge in [-0.05, 0) is 19.3 Å². The van der Waals surface area contributed by atoms with Gasteiger partial charge in [-0.2, -0.15) is 0 Å². The number of ether oxygens (including phenoxy) is 1. The average molecular weight is 368 g/mol. The molecule has 0 aromatic rings. The van der Waals surface area contributed by atoms with Crippen molar-refractivity contribution in [1.29, 1.82) is 0 Å². The Hall–Kier alpha value is -1.06. The van der Waals surface area contributed by atoms with Crippen molar-refractivity contribution >= 4 is 11.9 Å². The molecule has 1 rings (SSSR count). The molecule has 0 heterocycles. The summed E-state index contributed by atoms with van der Waals surface area (Å²) in [6.07, 6.45) is 19.3. The summed E-state index contributed by atoms with van der Waals surface area (Å²) in [5.74, 6) is -0.0185. The molecule has 0 aromatic heterocycles. The van der Waals surface area contributed by atoms with Gasteiger partial charge >= 0.3 is 5.97 Å². The van der Waals surface area contributed by atoms with Crippen LogP contribution in [0.3, 0.4) is 0 Å². The van der Waals surface area contributed by atoms with Crippen molar-refractivity contribution in [2.45, 2.75) is 116 Å². The van der Waals surface area contributed by atoms with Crippen molar-refractivity contribution in [2.24, 2.45) is 5.92 Å². The van der Waals surface area contributed by atoms with Crippen molar-refractivity contribution in [3.63, 3.8) is 0 Å². The zero-order chi connectivity index (χ0) is 19.0. The van der Waals surface area contributed by atoms with Gasteiger partial charge in [0.05, 0.1) is 13.0 Å². The summed E-state index contributed by atoms with van der Waals surface area (Å²) in [5.41, 5.74) is 0. The van der Waals surface area contributed by atoms with Crippen molar-refractivity contribution in [3.8, 4) is 0 Å². The van der Waals surface area contributed by atoms with Gasteiger partial charge in [-0.25, -0.2) is 0 Å². The van der Waals surface area contributed by atoms with Crippen LogP contribution in [-0.2, 0) is 14.3 Å². The topological polar surface area (TPSA) is 55.4 Å². The molecule has 0 saturated heterocycles. The number of nitrogens with one attached hydrogen (secondary N) is 1. The fraction of sp³-hybridized carbons (Fsp3) is 0.909. The van der Waals surface area contributed by atoms with Gasteiger partial charge in [0.1, 0.15) is 0 Å². The van der Waals surface area contributed by atoms with Crippen LogP contribution >= 0.6 is 0 Å². The number of esters is 1. The van der Waals surface area contributed by atoms with Gasteiger partial charge < -0.3 is 10.1 Å². The van der Waals surface area contributed by atoms with E-state index in [-0.39, 0.29) is 23.8 Å². The lowest BCUT2D eigenvalue weighted by Gasteiger charge is -2.33. The predicted octanol–water partition coefficient (Wildman–Crippen LogP) is 5.54. The van der Waals surface area contributed by atoms with Gasteiger partial charge in [0.15, 0.2) is 0 Å². The van der Waals surface area contributed by atoms with Gasteiger partial charge in [-0.1, -0.05) is 84.0 Å². The second kappa shape index (κ2) is 15.0. The molecule has 1 saturated carbocycles. The van der Waals surface area contributed by atoms with Gasteiger partial charge in [0.2, 0.25) is 5.91 Å². The minimum atomic E-state index is -0.146. The third-order valence-electron chi connectivity index (χ3n) is 5.55. The van der Waals surface area contributed by atoms with Crippen LogP contribution < -0.4 is 5.32 Å². The molecule has 0 aliphatic heterocycles. The van der Waals surface area contributed by atoms with Crippen LogP contribution in [0.25, 0.3) is 0 Å². The number of methoxy groups -OCH3 is 1. The first-order chi connectivity index (χ1) is 12.7. The lowest BCUT2D eigenvalue weighted by molar-refractivity contribution is -0.149. The molecule has 1 amide bonds. The highest BCUT2D eigenvalue weighted by atomic mass is 16.5. The highest BCUT2D eigenvalue weighted by molar-refractivity contribution is 5.77. The molecule has 1 aliphatic carbocycles. The van der Waals surface area contributed by atoms with E-state index >= 15 is 0 Å². The Bertz CT molecular complexity index is 378. The van der Waals surface area contributed by atoms with Crippen LogP contribution in [0.5, 0.6) is 0 Å². The number of carbonyl (C=O) groups is 2. The Kier molecular flexibility index (Phi) is 13.3. The van der Waals surface area contributed by atoms with Crippen LogP contribution in [-0.4, -0.2) is 25.0 Å². The van der Waals surface area contributed by atoms with E-state index in [9.17, 15) is 9.59 Å². The lowest BCUT2D eigenvalue weighted by Crippen LogP contribution is -2.46. The van der Waals surface area contributed by atoms with Crippen molar-refractivity contribution < 1.29 is 14.3 Å². The number of hydrogen-bond acceptors (Lipinski definition) is 3. The predicted molar refractivity (Wildman–Crippen MR) is 107 cm³/mol. The first kappa shape index (κ1) is 23.0. The number of carbonyl (C=O) groups excluding carboxylic acids is 2. The van der Waals surface area contributed by atoms with Gasteiger partial charge in [-0.3, -0.25) is 9.59 Å². The molecule has 1 N–H and O–H groups in total. The Morgan fingerprint density at radius 1 is 0.808 bits per heavy atom. The molecule has 0 atom stereocenters. The molecule has 1 fully saturated rings. The van der Waals surface area contributed by atoms with E-state index in [4.69, 9.17) is 4.74 Å². The molecule has 0 bridgehead atoms. The Morgan fingerprint density at radius 2 is 1.27 bits per heavy atom. The highest BCUT2D eigenvalue weighted by Gasteiger charge is 2.35. The molecule has 152 valence electrons. The molecule has 0 radical (unpaired) electrons. The van der Waals surface area contributed by atoms with Gasteiger partial charge in [0, 0.05) is 12.5 Å². The second-order valence-electron chi connectivity index (χ2n) is 7.95. The lowest BCUT2D eigenvalue weighted by atomic mass is 9.80. The summed E-state index contributed by atoms with van der Waals surface area (Å²) < 4.78 is 4.71. The molecular formula is C22H41NO3. The highest BCUT2D eigenvalue weighted by Crippen LogP contribution is 2.28. The first-order valence-corrected chi connectivity index (χ1v) is 11.0. The zero-order valence-electron chi connectivity index (χ0n) is 17.2. The molecule has 4 heteroatoms. The third kappa shape index (κ3) is 10.8.